The van der Waals surface area contributed by atoms with Gasteiger partial charge in [-0.25, -0.2) is 0 Å². The van der Waals surface area contributed by atoms with Gasteiger partial charge in [-0.3, -0.25) is 4.79 Å². The smallest absolute Gasteiger partial charge is 0.254 e. The van der Waals surface area contributed by atoms with Crippen LogP contribution in [0.2, 0.25) is 0 Å². The normalized spacial score (nSPS) is 30.7. The van der Waals surface area contributed by atoms with Gasteiger partial charge in [0, 0.05) is 24.6 Å². The van der Waals surface area contributed by atoms with Gasteiger partial charge < -0.3 is 14.4 Å². The average Bonchev–Trinajstić information content (AvgIpc) is 2.68. The number of nitrogens with zero attached hydrogens (tertiary/aromatic N) is 1. The first kappa shape index (κ1) is 16.1. The lowest BCUT2D eigenvalue weighted by Crippen LogP contribution is -2.54. The molecule has 4 rings (SSSR count). The van der Waals surface area contributed by atoms with Crippen molar-refractivity contribution in [2.45, 2.75) is 56.6 Å². The molecule has 4 heteroatoms. The number of hydrogen-bond acceptors (Lipinski definition) is 3. The summed E-state index contributed by atoms with van der Waals surface area (Å²) in [6.07, 6.45) is 7.15. The number of morpholine rings is 1. The van der Waals surface area contributed by atoms with Crippen molar-refractivity contribution in [1.82, 2.24) is 4.90 Å². The van der Waals surface area contributed by atoms with Crippen molar-refractivity contribution in [2.24, 2.45) is 0 Å². The lowest BCUT2D eigenvalue weighted by atomic mass is 9.89. The second kappa shape index (κ2) is 7.24. The maximum atomic E-state index is 13.0. The Labute approximate surface area is 144 Å². The van der Waals surface area contributed by atoms with Crippen molar-refractivity contribution in [1.29, 1.82) is 0 Å². The van der Waals surface area contributed by atoms with Crippen LogP contribution in [0.5, 0.6) is 0 Å². The van der Waals surface area contributed by atoms with Crippen LogP contribution in [0.4, 0.5) is 0 Å². The highest BCUT2D eigenvalue weighted by molar-refractivity contribution is 5.94. The van der Waals surface area contributed by atoms with Crippen molar-refractivity contribution >= 4 is 5.91 Å². The molecule has 2 heterocycles. The second-order valence-corrected chi connectivity index (χ2v) is 7.30. The van der Waals surface area contributed by atoms with E-state index >= 15 is 0 Å². The zero-order valence-corrected chi connectivity index (χ0v) is 14.3. The van der Waals surface area contributed by atoms with E-state index in [1.807, 2.05) is 12.1 Å². The fourth-order valence-corrected chi connectivity index (χ4v) is 4.42. The number of rotatable bonds is 2. The first-order chi connectivity index (χ1) is 11.8. The van der Waals surface area contributed by atoms with Gasteiger partial charge in [-0.15, -0.1) is 0 Å². The molecule has 2 aliphatic heterocycles. The summed E-state index contributed by atoms with van der Waals surface area (Å²) in [4.78, 5) is 15.0. The van der Waals surface area contributed by atoms with E-state index in [9.17, 15) is 4.79 Å². The third kappa shape index (κ3) is 3.22. The standard InChI is InChI=1S/C20H27NO3/c22-20(21-11-13-24-19-6-2-1-5-18(19)21)16-9-7-15(8-10-16)17-4-3-12-23-14-17/h7-10,17-19H,1-6,11-14H2. The van der Waals surface area contributed by atoms with Gasteiger partial charge in [0.1, 0.15) is 0 Å². The van der Waals surface area contributed by atoms with Crippen molar-refractivity contribution in [2.75, 3.05) is 26.4 Å². The molecule has 0 aromatic heterocycles. The topological polar surface area (TPSA) is 38.8 Å². The maximum absolute atomic E-state index is 13.0. The minimum Gasteiger partial charge on any atom is -0.381 e. The van der Waals surface area contributed by atoms with Gasteiger partial charge in [-0.2, -0.15) is 0 Å². The third-order valence-corrected chi connectivity index (χ3v) is 5.78. The van der Waals surface area contributed by atoms with Crippen LogP contribution in [0.1, 0.15) is 60.4 Å². The first-order valence-electron chi connectivity index (χ1n) is 9.43. The molecule has 3 unspecified atom stereocenters. The third-order valence-electron chi connectivity index (χ3n) is 5.78. The zero-order valence-electron chi connectivity index (χ0n) is 14.3. The molecule has 1 aliphatic carbocycles. The van der Waals surface area contributed by atoms with Crippen LogP contribution in [0, 0.1) is 0 Å². The summed E-state index contributed by atoms with van der Waals surface area (Å²) in [5, 5.41) is 0. The van der Waals surface area contributed by atoms with E-state index in [2.05, 4.69) is 17.0 Å². The number of carbonyl (C=O) groups is 1. The Morgan fingerprint density at radius 2 is 1.83 bits per heavy atom. The van der Waals surface area contributed by atoms with Crippen LogP contribution in [-0.2, 0) is 9.47 Å². The summed E-state index contributed by atoms with van der Waals surface area (Å²) in [5.74, 6) is 0.649. The van der Waals surface area contributed by atoms with Crippen molar-refractivity contribution < 1.29 is 14.3 Å². The molecule has 0 spiro atoms. The molecule has 1 saturated carbocycles. The highest BCUT2D eigenvalue weighted by Crippen LogP contribution is 2.30. The molecule has 0 N–H and O–H groups in total. The molecular weight excluding hydrogens is 302 g/mol. The fourth-order valence-electron chi connectivity index (χ4n) is 4.42. The Kier molecular flexibility index (Phi) is 4.86. The average molecular weight is 329 g/mol. The molecule has 0 radical (unpaired) electrons. The van der Waals surface area contributed by atoms with E-state index in [1.54, 1.807) is 0 Å². The van der Waals surface area contributed by atoms with Gasteiger partial charge in [0.2, 0.25) is 0 Å². The number of hydrogen-bond donors (Lipinski definition) is 0. The predicted molar refractivity (Wildman–Crippen MR) is 92.3 cm³/mol. The zero-order chi connectivity index (χ0) is 16.4. The quantitative estimate of drug-likeness (QED) is 0.835. The molecule has 4 nitrogen and oxygen atoms in total. The van der Waals surface area contributed by atoms with Crippen LogP contribution in [0.15, 0.2) is 24.3 Å². The molecule has 3 fully saturated rings. The summed E-state index contributed by atoms with van der Waals surface area (Å²) in [7, 11) is 0. The number of ether oxygens (including phenoxy) is 2. The predicted octanol–water partition coefficient (Wildman–Crippen LogP) is 3.36. The van der Waals surface area contributed by atoms with E-state index in [1.165, 1.54) is 24.8 Å². The van der Waals surface area contributed by atoms with E-state index in [4.69, 9.17) is 9.47 Å². The summed E-state index contributed by atoms with van der Waals surface area (Å²) < 4.78 is 11.5. The molecule has 2 saturated heterocycles. The number of fused-ring (bicyclic) bond motifs is 1. The summed E-state index contributed by atoms with van der Waals surface area (Å²) in [6.45, 7) is 3.08. The van der Waals surface area contributed by atoms with Crippen LogP contribution in [-0.4, -0.2) is 49.3 Å². The number of amides is 1. The Balaban J connectivity index is 1.47. The van der Waals surface area contributed by atoms with Gasteiger partial charge in [0.25, 0.3) is 5.91 Å². The van der Waals surface area contributed by atoms with Gasteiger partial charge in [0.15, 0.2) is 0 Å². The molecule has 3 atom stereocenters. The summed E-state index contributed by atoms with van der Waals surface area (Å²) in [5.41, 5.74) is 2.10. The molecule has 1 aromatic carbocycles. The van der Waals surface area contributed by atoms with E-state index in [0.717, 1.165) is 44.6 Å². The van der Waals surface area contributed by atoms with Crippen LogP contribution in [0.25, 0.3) is 0 Å². The molecule has 24 heavy (non-hydrogen) atoms. The SMILES string of the molecule is O=C(c1ccc(C2CCCOC2)cc1)N1CCOC2CCCCC21. The Morgan fingerprint density at radius 1 is 1.00 bits per heavy atom. The lowest BCUT2D eigenvalue weighted by Gasteiger charge is -2.43. The minimum atomic E-state index is 0.168. The van der Waals surface area contributed by atoms with Gasteiger partial charge in [-0.1, -0.05) is 25.0 Å². The number of benzene rings is 1. The summed E-state index contributed by atoms with van der Waals surface area (Å²) >= 11 is 0. The maximum Gasteiger partial charge on any atom is 0.254 e. The molecule has 1 amide bonds. The van der Waals surface area contributed by atoms with Crippen LogP contribution >= 0.6 is 0 Å². The van der Waals surface area contributed by atoms with E-state index in [0.29, 0.717) is 12.5 Å². The van der Waals surface area contributed by atoms with Gasteiger partial charge in [-0.05, 0) is 43.4 Å². The monoisotopic (exact) mass is 329 g/mol. The number of carbonyl (C=O) groups excluding carboxylic acids is 1. The van der Waals surface area contributed by atoms with Gasteiger partial charge >= 0.3 is 0 Å². The van der Waals surface area contributed by atoms with Crippen molar-refractivity contribution in [3.63, 3.8) is 0 Å². The second-order valence-electron chi connectivity index (χ2n) is 7.30. The Morgan fingerprint density at radius 3 is 2.62 bits per heavy atom. The van der Waals surface area contributed by atoms with Crippen molar-refractivity contribution in [3.8, 4) is 0 Å². The highest BCUT2D eigenvalue weighted by atomic mass is 16.5. The Hall–Kier alpha value is -1.39. The van der Waals surface area contributed by atoms with Gasteiger partial charge in [0.05, 0.1) is 25.4 Å². The molecule has 0 bridgehead atoms. The molecule has 130 valence electrons. The minimum absolute atomic E-state index is 0.168. The first-order valence-corrected chi connectivity index (χ1v) is 9.43. The largest absolute Gasteiger partial charge is 0.381 e. The molecular formula is C20H27NO3. The van der Waals surface area contributed by atoms with E-state index in [-0.39, 0.29) is 18.1 Å². The van der Waals surface area contributed by atoms with Crippen molar-refractivity contribution in [3.05, 3.63) is 35.4 Å². The van der Waals surface area contributed by atoms with Crippen LogP contribution < -0.4 is 0 Å². The lowest BCUT2D eigenvalue weighted by molar-refractivity contribution is -0.0752. The summed E-state index contributed by atoms with van der Waals surface area (Å²) in [6, 6.07) is 8.50. The van der Waals surface area contributed by atoms with Crippen LogP contribution in [0.3, 0.4) is 0 Å². The Bertz CT molecular complexity index is 563. The highest BCUT2D eigenvalue weighted by Gasteiger charge is 2.36. The van der Waals surface area contributed by atoms with E-state index < -0.39 is 0 Å². The molecule has 3 aliphatic rings. The molecule has 1 aromatic rings. The fraction of sp³-hybridized carbons (Fsp3) is 0.650.